The fourth-order valence-electron chi connectivity index (χ4n) is 5.94. The molecular formula is C36H23NS. The van der Waals surface area contributed by atoms with Gasteiger partial charge in [0.15, 0.2) is 0 Å². The van der Waals surface area contributed by atoms with Crippen LogP contribution in [0.4, 0.5) is 0 Å². The topological polar surface area (TPSA) is 4.93 Å². The first-order valence-electron chi connectivity index (χ1n) is 13.0. The Labute approximate surface area is 224 Å². The van der Waals surface area contributed by atoms with Crippen molar-refractivity contribution < 1.29 is 0 Å². The summed E-state index contributed by atoms with van der Waals surface area (Å²) in [6.07, 6.45) is 0. The number of benzene rings is 6. The van der Waals surface area contributed by atoms with Gasteiger partial charge < -0.3 is 4.57 Å². The van der Waals surface area contributed by atoms with Crippen molar-refractivity contribution in [3.63, 3.8) is 0 Å². The first-order chi connectivity index (χ1) is 18.9. The van der Waals surface area contributed by atoms with Crippen molar-refractivity contribution in [2.75, 3.05) is 0 Å². The molecular weight excluding hydrogens is 478 g/mol. The van der Waals surface area contributed by atoms with Crippen LogP contribution < -0.4 is 0 Å². The van der Waals surface area contributed by atoms with Crippen LogP contribution in [-0.4, -0.2) is 4.57 Å². The maximum Gasteiger partial charge on any atom is 0.0720 e. The highest BCUT2D eigenvalue weighted by Crippen LogP contribution is 2.49. The minimum Gasteiger partial charge on any atom is -0.308 e. The molecule has 2 heteroatoms. The maximum atomic E-state index is 2.46. The van der Waals surface area contributed by atoms with E-state index in [4.69, 9.17) is 0 Å². The largest absolute Gasteiger partial charge is 0.308 e. The lowest BCUT2D eigenvalue weighted by atomic mass is 9.95. The zero-order valence-corrected chi connectivity index (χ0v) is 21.5. The summed E-state index contributed by atoms with van der Waals surface area (Å²) in [6, 6.07) is 50.4. The molecule has 0 saturated heterocycles. The number of hydrogen-bond acceptors (Lipinski definition) is 1. The molecule has 0 aliphatic rings. The maximum absolute atomic E-state index is 2.46. The Hall–Kier alpha value is -4.66. The van der Waals surface area contributed by atoms with Crippen molar-refractivity contribution in [2.45, 2.75) is 0 Å². The number of rotatable bonds is 3. The number of thiophene rings is 1. The Bertz CT molecular complexity index is 2100. The van der Waals surface area contributed by atoms with Crippen LogP contribution in [-0.2, 0) is 0 Å². The average Bonchev–Trinajstić information content (AvgIpc) is 3.54. The second kappa shape index (κ2) is 8.44. The van der Waals surface area contributed by atoms with Crippen molar-refractivity contribution in [3.8, 4) is 27.9 Å². The molecule has 0 aliphatic carbocycles. The van der Waals surface area contributed by atoms with Crippen LogP contribution in [0, 0.1) is 0 Å². The van der Waals surface area contributed by atoms with Gasteiger partial charge in [0.2, 0.25) is 0 Å². The van der Waals surface area contributed by atoms with Crippen LogP contribution in [0.15, 0.2) is 140 Å². The Kier molecular flexibility index (Phi) is 4.76. The molecule has 38 heavy (non-hydrogen) atoms. The standard InChI is InChI=1S/C36H23NS/c1-4-13-24(14-5-1)27-20-12-21-29-33-30(25-15-6-2-7-16-25)23-31-28-19-10-11-22-32(28)37(26-17-8-3-9-18-26)34(31)36(33)38-35(27)29/h1-23H. The summed E-state index contributed by atoms with van der Waals surface area (Å²) in [5.41, 5.74) is 8.80. The number of hydrogen-bond donors (Lipinski definition) is 0. The highest BCUT2D eigenvalue weighted by atomic mass is 32.1. The summed E-state index contributed by atoms with van der Waals surface area (Å²) in [5.74, 6) is 0. The normalized spacial score (nSPS) is 11.7. The quantitative estimate of drug-likeness (QED) is 0.227. The van der Waals surface area contributed by atoms with Crippen LogP contribution in [0.5, 0.6) is 0 Å². The molecule has 0 spiro atoms. The second-order valence-electron chi connectivity index (χ2n) is 9.73. The molecule has 8 rings (SSSR count). The third-order valence-electron chi connectivity index (χ3n) is 7.59. The second-order valence-corrected chi connectivity index (χ2v) is 10.7. The summed E-state index contributed by atoms with van der Waals surface area (Å²) in [6.45, 7) is 0. The molecule has 2 heterocycles. The van der Waals surface area contributed by atoms with Crippen LogP contribution >= 0.6 is 11.3 Å². The lowest BCUT2D eigenvalue weighted by Gasteiger charge is -2.10. The van der Waals surface area contributed by atoms with Gasteiger partial charge in [0.25, 0.3) is 0 Å². The van der Waals surface area contributed by atoms with Crippen molar-refractivity contribution in [1.82, 2.24) is 4.57 Å². The first-order valence-corrected chi connectivity index (χ1v) is 13.8. The van der Waals surface area contributed by atoms with Gasteiger partial charge >= 0.3 is 0 Å². The molecule has 0 fully saturated rings. The Morgan fingerprint density at radius 2 is 1.05 bits per heavy atom. The van der Waals surface area contributed by atoms with Gasteiger partial charge in [-0.15, -0.1) is 11.3 Å². The van der Waals surface area contributed by atoms with E-state index in [1.165, 1.54) is 69.9 Å². The van der Waals surface area contributed by atoms with E-state index in [-0.39, 0.29) is 0 Å². The third-order valence-corrected chi connectivity index (χ3v) is 8.83. The smallest absolute Gasteiger partial charge is 0.0720 e. The lowest BCUT2D eigenvalue weighted by Crippen LogP contribution is -1.93. The van der Waals surface area contributed by atoms with E-state index in [2.05, 4.69) is 144 Å². The van der Waals surface area contributed by atoms with Crippen molar-refractivity contribution in [3.05, 3.63) is 140 Å². The van der Waals surface area contributed by atoms with Crippen LogP contribution in [0.1, 0.15) is 0 Å². The SMILES string of the molecule is c1ccc(-c2cccc3c2sc2c3c(-c3ccccc3)cc3c4ccccc4n(-c4ccccc4)c32)cc1. The van der Waals surface area contributed by atoms with E-state index in [0.29, 0.717) is 0 Å². The van der Waals surface area contributed by atoms with E-state index in [1.807, 2.05) is 11.3 Å². The molecule has 0 N–H and O–H groups in total. The monoisotopic (exact) mass is 501 g/mol. The Morgan fingerprint density at radius 1 is 0.447 bits per heavy atom. The zero-order valence-electron chi connectivity index (χ0n) is 20.6. The molecule has 0 aliphatic heterocycles. The summed E-state index contributed by atoms with van der Waals surface area (Å²) < 4.78 is 5.13. The summed E-state index contributed by atoms with van der Waals surface area (Å²) >= 11 is 1.92. The van der Waals surface area contributed by atoms with Crippen LogP contribution in [0.25, 0.3) is 69.9 Å². The van der Waals surface area contributed by atoms with Gasteiger partial charge in [-0.25, -0.2) is 0 Å². The van der Waals surface area contributed by atoms with Gasteiger partial charge in [0, 0.05) is 31.9 Å². The van der Waals surface area contributed by atoms with E-state index in [9.17, 15) is 0 Å². The number of aromatic nitrogens is 1. The van der Waals surface area contributed by atoms with Crippen LogP contribution in [0.3, 0.4) is 0 Å². The van der Waals surface area contributed by atoms with Crippen molar-refractivity contribution in [1.29, 1.82) is 0 Å². The fourth-order valence-corrected chi connectivity index (χ4v) is 7.34. The predicted molar refractivity (Wildman–Crippen MR) is 165 cm³/mol. The number of para-hydroxylation sites is 2. The third kappa shape index (κ3) is 3.11. The van der Waals surface area contributed by atoms with E-state index in [0.717, 1.165) is 0 Å². The lowest BCUT2D eigenvalue weighted by molar-refractivity contribution is 1.19. The highest BCUT2D eigenvalue weighted by molar-refractivity contribution is 7.27. The fraction of sp³-hybridized carbons (Fsp3) is 0. The molecule has 0 amide bonds. The van der Waals surface area contributed by atoms with E-state index >= 15 is 0 Å². The molecule has 2 aromatic heterocycles. The minimum absolute atomic E-state index is 1.19. The van der Waals surface area contributed by atoms with Gasteiger partial charge in [0.05, 0.1) is 15.7 Å². The minimum atomic E-state index is 1.19. The molecule has 0 bridgehead atoms. The Morgan fingerprint density at radius 3 is 1.79 bits per heavy atom. The molecule has 0 unspecified atom stereocenters. The zero-order chi connectivity index (χ0) is 25.1. The summed E-state index contributed by atoms with van der Waals surface area (Å²) in [4.78, 5) is 0. The van der Waals surface area contributed by atoms with E-state index < -0.39 is 0 Å². The number of nitrogens with zero attached hydrogens (tertiary/aromatic N) is 1. The molecule has 0 atom stereocenters. The van der Waals surface area contributed by atoms with Gasteiger partial charge in [-0.2, -0.15) is 0 Å². The summed E-state index contributed by atoms with van der Waals surface area (Å²) in [7, 11) is 0. The molecule has 1 nitrogen and oxygen atoms in total. The average molecular weight is 502 g/mol. The van der Waals surface area contributed by atoms with Gasteiger partial charge in [-0.3, -0.25) is 0 Å². The van der Waals surface area contributed by atoms with Crippen molar-refractivity contribution >= 4 is 53.3 Å². The van der Waals surface area contributed by atoms with Gasteiger partial charge in [0.1, 0.15) is 0 Å². The Balaban J connectivity index is 1.63. The molecule has 0 radical (unpaired) electrons. The molecule has 8 aromatic rings. The van der Waals surface area contributed by atoms with Crippen LogP contribution in [0.2, 0.25) is 0 Å². The predicted octanol–water partition coefficient (Wildman–Crippen LogP) is 10.5. The summed E-state index contributed by atoms with van der Waals surface area (Å²) in [5, 5.41) is 5.23. The highest BCUT2D eigenvalue weighted by Gasteiger charge is 2.22. The van der Waals surface area contributed by atoms with E-state index in [1.54, 1.807) is 0 Å². The van der Waals surface area contributed by atoms with Gasteiger partial charge in [-0.1, -0.05) is 115 Å². The van der Waals surface area contributed by atoms with Crippen molar-refractivity contribution in [2.24, 2.45) is 0 Å². The first kappa shape index (κ1) is 21.4. The molecule has 0 saturated carbocycles. The molecule has 6 aromatic carbocycles. The number of fused-ring (bicyclic) bond motifs is 7. The molecule has 178 valence electrons. The van der Waals surface area contributed by atoms with Gasteiger partial charge in [-0.05, 0) is 46.5 Å².